The third kappa shape index (κ3) is 2.40. The normalized spacial score (nSPS) is 10.9. The van der Waals surface area contributed by atoms with Crippen LogP contribution in [0.3, 0.4) is 0 Å². The van der Waals surface area contributed by atoms with Crippen molar-refractivity contribution >= 4 is 11.7 Å². The maximum atomic E-state index is 10.9. The lowest BCUT2D eigenvalue weighted by Gasteiger charge is -2.22. The third-order valence-electron chi connectivity index (χ3n) is 1.64. The van der Waals surface area contributed by atoms with Crippen LogP contribution in [0.5, 0.6) is 0 Å². The molecule has 5 heteroatoms. The molecule has 5 nitrogen and oxygen atoms in total. The Bertz CT molecular complexity index is 296. The summed E-state index contributed by atoms with van der Waals surface area (Å²) in [5, 5.41) is 2.89. The standard InChI is InChI=1S/C8H12N4O/c1-8(2,7(9)13)12-6-3-4-10-5-11-6/h3-5H,1-2H3,(H2,9,13)(H,10,11,12). The van der Waals surface area contributed by atoms with Gasteiger partial charge >= 0.3 is 0 Å². The number of carbonyl (C=O) groups is 1. The molecule has 1 amide bonds. The van der Waals surface area contributed by atoms with E-state index in [-0.39, 0.29) is 0 Å². The van der Waals surface area contributed by atoms with Gasteiger partial charge in [0.05, 0.1) is 0 Å². The Morgan fingerprint density at radius 3 is 2.77 bits per heavy atom. The van der Waals surface area contributed by atoms with Gasteiger partial charge in [-0.2, -0.15) is 0 Å². The van der Waals surface area contributed by atoms with Gasteiger partial charge in [0.15, 0.2) is 0 Å². The van der Waals surface area contributed by atoms with E-state index in [9.17, 15) is 4.79 Å². The fraction of sp³-hybridized carbons (Fsp3) is 0.375. The van der Waals surface area contributed by atoms with Crippen LogP contribution in [-0.4, -0.2) is 21.4 Å². The fourth-order valence-electron chi connectivity index (χ4n) is 0.746. The molecule has 0 aliphatic rings. The van der Waals surface area contributed by atoms with E-state index in [1.165, 1.54) is 6.33 Å². The van der Waals surface area contributed by atoms with E-state index in [4.69, 9.17) is 5.73 Å². The topological polar surface area (TPSA) is 80.9 Å². The molecule has 0 aliphatic carbocycles. The highest BCUT2D eigenvalue weighted by Gasteiger charge is 2.24. The molecule has 0 radical (unpaired) electrons. The summed E-state index contributed by atoms with van der Waals surface area (Å²) < 4.78 is 0. The highest BCUT2D eigenvalue weighted by atomic mass is 16.1. The number of carbonyl (C=O) groups excluding carboxylic acids is 1. The number of primary amides is 1. The second kappa shape index (κ2) is 3.38. The quantitative estimate of drug-likeness (QED) is 0.694. The SMILES string of the molecule is CC(C)(Nc1ccncn1)C(N)=O. The molecule has 0 bridgehead atoms. The summed E-state index contributed by atoms with van der Waals surface area (Å²) in [4.78, 5) is 18.6. The number of nitrogens with one attached hydrogen (secondary N) is 1. The molecule has 0 spiro atoms. The summed E-state index contributed by atoms with van der Waals surface area (Å²) in [6.45, 7) is 3.38. The number of hydrogen-bond donors (Lipinski definition) is 2. The second-order valence-corrected chi connectivity index (χ2v) is 3.21. The lowest BCUT2D eigenvalue weighted by molar-refractivity contribution is -0.121. The van der Waals surface area contributed by atoms with Crippen LogP contribution in [0.1, 0.15) is 13.8 Å². The van der Waals surface area contributed by atoms with Gasteiger partial charge in [-0.25, -0.2) is 9.97 Å². The fourth-order valence-corrected chi connectivity index (χ4v) is 0.746. The molecule has 1 aromatic rings. The molecular weight excluding hydrogens is 168 g/mol. The first-order valence-corrected chi connectivity index (χ1v) is 3.86. The van der Waals surface area contributed by atoms with Crippen LogP contribution in [0.4, 0.5) is 5.82 Å². The number of anilines is 1. The lowest BCUT2D eigenvalue weighted by Crippen LogP contribution is -2.45. The average molecular weight is 180 g/mol. The van der Waals surface area contributed by atoms with Crippen molar-refractivity contribution in [2.75, 3.05) is 5.32 Å². The number of rotatable bonds is 3. The van der Waals surface area contributed by atoms with Crippen LogP contribution in [-0.2, 0) is 4.79 Å². The van der Waals surface area contributed by atoms with Gasteiger partial charge in [-0.3, -0.25) is 4.79 Å². The molecule has 0 unspecified atom stereocenters. The molecule has 0 aliphatic heterocycles. The van der Waals surface area contributed by atoms with Gasteiger partial charge in [0.25, 0.3) is 0 Å². The third-order valence-corrected chi connectivity index (χ3v) is 1.64. The molecule has 0 fully saturated rings. The number of nitrogens with two attached hydrogens (primary N) is 1. The Kier molecular flexibility index (Phi) is 2.46. The predicted octanol–water partition coefficient (Wildman–Crippen LogP) is 0.152. The second-order valence-electron chi connectivity index (χ2n) is 3.21. The molecule has 0 aromatic carbocycles. The first-order chi connectivity index (χ1) is 6.02. The van der Waals surface area contributed by atoms with Crippen LogP contribution < -0.4 is 11.1 Å². The van der Waals surface area contributed by atoms with Gasteiger partial charge < -0.3 is 11.1 Å². The largest absolute Gasteiger partial charge is 0.368 e. The van der Waals surface area contributed by atoms with Crippen molar-refractivity contribution in [1.82, 2.24) is 9.97 Å². The number of nitrogens with zero attached hydrogens (tertiary/aromatic N) is 2. The van der Waals surface area contributed by atoms with Gasteiger partial charge in [-0.05, 0) is 19.9 Å². The molecule has 1 aromatic heterocycles. The summed E-state index contributed by atoms with van der Waals surface area (Å²) in [6.07, 6.45) is 2.99. The van der Waals surface area contributed by atoms with E-state index >= 15 is 0 Å². The summed E-state index contributed by atoms with van der Waals surface area (Å²) in [5.41, 5.74) is 4.38. The lowest BCUT2D eigenvalue weighted by atomic mass is 10.1. The zero-order valence-electron chi connectivity index (χ0n) is 7.61. The zero-order chi connectivity index (χ0) is 9.90. The molecule has 13 heavy (non-hydrogen) atoms. The van der Waals surface area contributed by atoms with Gasteiger partial charge in [0.1, 0.15) is 17.7 Å². The summed E-state index contributed by atoms with van der Waals surface area (Å²) in [5.74, 6) is 0.157. The molecule has 0 saturated heterocycles. The molecule has 70 valence electrons. The highest BCUT2D eigenvalue weighted by Crippen LogP contribution is 2.10. The van der Waals surface area contributed by atoms with E-state index in [1.54, 1.807) is 26.1 Å². The Balaban J connectivity index is 2.75. The van der Waals surface area contributed by atoms with Crippen molar-refractivity contribution in [3.8, 4) is 0 Å². The van der Waals surface area contributed by atoms with Crippen molar-refractivity contribution in [2.24, 2.45) is 5.73 Å². The molecule has 1 rings (SSSR count). The maximum absolute atomic E-state index is 10.9. The van der Waals surface area contributed by atoms with Crippen LogP contribution in [0.2, 0.25) is 0 Å². The van der Waals surface area contributed by atoms with Crippen LogP contribution >= 0.6 is 0 Å². The Labute approximate surface area is 76.4 Å². The van der Waals surface area contributed by atoms with E-state index < -0.39 is 11.4 Å². The van der Waals surface area contributed by atoms with Crippen molar-refractivity contribution in [3.63, 3.8) is 0 Å². The Hall–Kier alpha value is -1.65. The highest BCUT2D eigenvalue weighted by molar-refractivity contribution is 5.86. The van der Waals surface area contributed by atoms with Crippen molar-refractivity contribution < 1.29 is 4.79 Å². The minimum Gasteiger partial charge on any atom is -0.368 e. The van der Waals surface area contributed by atoms with E-state index in [1.807, 2.05) is 0 Å². The molecule has 0 saturated carbocycles. The predicted molar refractivity (Wildman–Crippen MR) is 48.9 cm³/mol. The van der Waals surface area contributed by atoms with Crippen LogP contribution in [0.25, 0.3) is 0 Å². The van der Waals surface area contributed by atoms with E-state index in [0.717, 1.165) is 0 Å². The minimum atomic E-state index is -0.797. The molecule has 1 heterocycles. The van der Waals surface area contributed by atoms with Crippen LogP contribution in [0.15, 0.2) is 18.6 Å². The number of hydrogen-bond acceptors (Lipinski definition) is 4. The molecule has 0 atom stereocenters. The minimum absolute atomic E-state index is 0.425. The van der Waals surface area contributed by atoms with Gasteiger partial charge in [-0.15, -0.1) is 0 Å². The Morgan fingerprint density at radius 1 is 1.62 bits per heavy atom. The first kappa shape index (κ1) is 9.44. The molecular formula is C8H12N4O. The summed E-state index contributed by atoms with van der Waals surface area (Å²) in [6, 6.07) is 1.67. The van der Waals surface area contributed by atoms with Crippen molar-refractivity contribution in [2.45, 2.75) is 19.4 Å². The van der Waals surface area contributed by atoms with Crippen molar-refractivity contribution in [3.05, 3.63) is 18.6 Å². The van der Waals surface area contributed by atoms with Gasteiger partial charge in [0.2, 0.25) is 5.91 Å². The first-order valence-electron chi connectivity index (χ1n) is 3.86. The summed E-state index contributed by atoms with van der Waals surface area (Å²) in [7, 11) is 0. The smallest absolute Gasteiger partial charge is 0.242 e. The zero-order valence-corrected chi connectivity index (χ0v) is 7.61. The van der Waals surface area contributed by atoms with Gasteiger partial charge in [-0.1, -0.05) is 0 Å². The monoisotopic (exact) mass is 180 g/mol. The number of aromatic nitrogens is 2. The van der Waals surface area contributed by atoms with Crippen molar-refractivity contribution in [1.29, 1.82) is 0 Å². The summed E-state index contributed by atoms with van der Waals surface area (Å²) >= 11 is 0. The van der Waals surface area contributed by atoms with E-state index in [0.29, 0.717) is 5.82 Å². The average Bonchev–Trinajstić information content (AvgIpc) is 2.05. The van der Waals surface area contributed by atoms with Crippen LogP contribution in [0, 0.1) is 0 Å². The maximum Gasteiger partial charge on any atom is 0.242 e. The molecule has 3 N–H and O–H groups in total. The number of amides is 1. The Morgan fingerprint density at radius 2 is 2.31 bits per heavy atom. The van der Waals surface area contributed by atoms with Gasteiger partial charge in [0, 0.05) is 6.20 Å². The van der Waals surface area contributed by atoms with E-state index in [2.05, 4.69) is 15.3 Å².